The van der Waals surface area contributed by atoms with Gasteiger partial charge in [0.2, 0.25) is 0 Å². The van der Waals surface area contributed by atoms with E-state index in [0.717, 1.165) is 35.3 Å². The topological polar surface area (TPSA) is 82.5 Å². The smallest absolute Gasteiger partial charge is 0.163 e. The van der Waals surface area contributed by atoms with Gasteiger partial charge in [-0.2, -0.15) is 5.10 Å². The maximum Gasteiger partial charge on any atom is 0.163 e. The Morgan fingerprint density at radius 2 is 2.14 bits per heavy atom. The van der Waals surface area contributed by atoms with Gasteiger partial charge in [0.15, 0.2) is 5.65 Å². The lowest BCUT2D eigenvalue weighted by atomic mass is 10.1. The van der Waals surface area contributed by atoms with Crippen molar-refractivity contribution >= 4 is 28.5 Å². The third-order valence-electron chi connectivity index (χ3n) is 3.61. The van der Waals surface area contributed by atoms with Crippen LogP contribution in [-0.2, 0) is 6.42 Å². The van der Waals surface area contributed by atoms with Crippen LogP contribution in [0.1, 0.15) is 30.3 Å². The molecule has 0 saturated heterocycles. The molecule has 7 heteroatoms. The first-order chi connectivity index (χ1) is 10.2. The van der Waals surface area contributed by atoms with Crippen molar-refractivity contribution in [1.82, 2.24) is 24.7 Å². The zero-order valence-corrected chi connectivity index (χ0v) is 12.0. The predicted octanol–water partition coefficient (Wildman–Crippen LogP) is 2.38. The van der Waals surface area contributed by atoms with Crippen molar-refractivity contribution in [2.45, 2.75) is 25.3 Å². The summed E-state index contributed by atoms with van der Waals surface area (Å²) >= 11 is 6.01. The van der Waals surface area contributed by atoms with Crippen molar-refractivity contribution in [3.8, 4) is 0 Å². The molecule has 0 bridgehead atoms. The standard InChI is InChI=1S/C14H13ClN6/c15-8-3-4-17-9(5-8)6-11-12-13(16)18-7-19-14(12)21(20-11)10-1-2-10/h3-5,7,10H,1-2,6H2,(H2,16,18,19). The molecule has 0 aromatic carbocycles. The Bertz CT molecular complexity index is 823. The molecule has 3 aromatic rings. The predicted molar refractivity (Wildman–Crippen MR) is 80.1 cm³/mol. The fourth-order valence-electron chi connectivity index (χ4n) is 2.48. The molecule has 106 valence electrons. The number of nitrogen functional groups attached to an aromatic ring is 1. The number of anilines is 1. The fourth-order valence-corrected chi connectivity index (χ4v) is 2.66. The van der Waals surface area contributed by atoms with Gasteiger partial charge in [-0.25, -0.2) is 14.6 Å². The van der Waals surface area contributed by atoms with Crippen LogP contribution >= 0.6 is 11.6 Å². The summed E-state index contributed by atoms with van der Waals surface area (Å²) in [5.41, 5.74) is 8.54. The van der Waals surface area contributed by atoms with Crippen molar-refractivity contribution in [2.75, 3.05) is 5.73 Å². The monoisotopic (exact) mass is 300 g/mol. The third kappa shape index (κ3) is 2.21. The fraction of sp³-hybridized carbons (Fsp3) is 0.286. The number of fused-ring (bicyclic) bond motifs is 1. The molecule has 6 nitrogen and oxygen atoms in total. The Kier molecular flexibility index (Phi) is 2.78. The highest BCUT2D eigenvalue weighted by Crippen LogP contribution is 2.37. The highest BCUT2D eigenvalue weighted by atomic mass is 35.5. The van der Waals surface area contributed by atoms with Crippen LogP contribution < -0.4 is 5.73 Å². The molecule has 3 heterocycles. The molecule has 4 rings (SSSR count). The van der Waals surface area contributed by atoms with Crippen molar-refractivity contribution in [2.24, 2.45) is 0 Å². The summed E-state index contributed by atoms with van der Waals surface area (Å²) in [5, 5.41) is 6.18. The molecule has 2 N–H and O–H groups in total. The van der Waals surface area contributed by atoms with E-state index in [1.54, 1.807) is 12.3 Å². The lowest BCUT2D eigenvalue weighted by Gasteiger charge is -2.00. The van der Waals surface area contributed by atoms with Gasteiger partial charge >= 0.3 is 0 Å². The zero-order chi connectivity index (χ0) is 14.4. The van der Waals surface area contributed by atoms with Crippen LogP contribution in [0.3, 0.4) is 0 Å². The van der Waals surface area contributed by atoms with Crippen molar-refractivity contribution in [3.63, 3.8) is 0 Å². The van der Waals surface area contributed by atoms with E-state index >= 15 is 0 Å². The first-order valence-electron chi connectivity index (χ1n) is 6.80. The molecule has 1 fully saturated rings. The Balaban J connectivity index is 1.84. The van der Waals surface area contributed by atoms with E-state index in [2.05, 4.69) is 20.1 Å². The number of aromatic nitrogens is 5. The Hall–Kier alpha value is -2.21. The van der Waals surface area contributed by atoms with Crippen LogP contribution in [0.5, 0.6) is 0 Å². The highest BCUT2D eigenvalue weighted by Gasteiger charge is 2.29. The summed E-state index contributed by atoms with van der Waals surface area (Å²) in [6, 6.07) is 4.02. The molecule has 0 unspecified atom stereocenters. The normalized spacial score (nSPS) is 14.7. The van der Waals surface area contributed by atoms with Gasteiger partial charge in [0.05, 0.1) is 17.1 Å². The molecular formula is C14H13ClN6. The van der Waals surface area contributed by atoms with Crippen LogP contribution in [0.2, 0.25) is 5.02 Å². The van der Waals surface area contributed by atoms with Gasteiger partial charge in [-0.05, 0) is 25.0 Å². The van der Waals surface area contributed by atoms with Gasteiger partial charge in [-0.1, -0.05) is 11.6 Å². The lowest BCUT2D eigenvalue weighted by molar-refractivity contribution is 0.647. The van der Waals surface area contributed by atoms with Gasteiger partial charge in [0, 0.05) is 23.3 Å². The van der Waals surface area contributed by atoms with E-state index in [1.165, 1.54) is 6.33 Å². The molecule has 1 saturated carbocycles. The molecule has 0 amide bonds. The minimum Gasteiger partial charge on any atom is -0.383 e. The first kappa shape index (κ1) is 12.5. The Morgan fingerprint density at radius 1 is 1.29 bits per heavy atom. The van der Waals surface area contributed by atoms with E-state index in [4.69, 9.17) is 17.3 Å². The van der Waals surface area contributed by atoms with Crippen LogP contribution in [0.4, 0.5) is 5.82 Å². The summed E-state index contributed by atoms with van der Waals surface area (Å²) in [6.07, 6.45) is 6.01. The van der Waals surface area contributed by atoms with Gasteiger partial charge in [0.1, 0.15) is 12.1 Å². The number of pyridine rings is 1. The molecule has 0 radical (unpaired) electrons. The lowest BCUT2D eigenvalue weighted by Crippen LogP contribution is -1.99. The molecule has 0 spiro atoms. The van der Waals surface area contributed by atoms with Gasteiger partial charge in [-0.15, -0.1) is 0 Å². The highest BCUT2D eigenvalue weighted by molar-refractivity contribution is 6.30. The first-order valence-corrected chi connectivity index (χ1v) is 7.18. The number of hydrogen-bond donors (Lipinski definition) is 1. The SMILES string of the molecule is Nc1ncnc2c1c(Cc1cc(Cl)ccn1)nn2C1CC1. The van der Waals surface area contributed by atoms with E-state index in [9.17, 15) is 0 Å². The molecule has 3 aromatic heterocycles. The molecule has 0 atom stereocenters. The van der Waals surface area contributed by atoms with Crippen LogP contribution in [0, 0.1) is 0 Å². The van der Waals surface area contributed by atoms with Gasteiger partial charge in [-0.3, -0.25) is 4.98 Å². The van der Waals surface area contributed by atoms with Gasteiger partial charge < -0.3 is 5.73 Å². The second kappa shape index (κ2) is 4.66. The zero-order valence-electron chi connectivity index (χ0n) is 11.2. The maximum atomic E-state index is 6.02. The van der Waals surface area contributed by atoms with E-state index in [1.807, 2.05) is 10.7 Å². The average molecular weight is 301 g/mol. The maximum absolute atomic E-state index is 6.02. The van der Waals surface area contributed by atoms with Crippen LogP contribution in [0.15, 0.2) is 24.7 Å². The van der Waals surface area contributed by atoms with Crippen molar-refractivity contribution < 1.29 is 0 Å². The summed E-state index contributed by atoms with van der Waals surface area (Å²) in [7, 11) is 0. The summed E-state index contributed by atoms with van der Waals surface area (Å²) in [5.74, 6) is 0.462. The Labute approximate surface area is 126 Å². The van der Waals surface area contributed by atoms with Gasteiger partial charge in [0.25, 0.3) is 0 Å². The third-order valence-corrected chi connectivity index (χ3v) is 3.85. The molecular weight excluding hydrogens is 288 g/mol. The van der Waals surface area contributed by atoms with Crippen LogP contribution in [-0.4, -0.2) is 24.7 Å². The number of nitrogens with zero attached hydrogens (tertiary/aromatic N) is 5. The quantitative estimate of drug-likeness (QED) is 0.803. The number of hydrogen-bond acceptors (Lipinski definition) is 5. The number of halogens is 1. The molecule has 1 aliphatic rings. The molecule has 21 heavy (non-hydrogen) atoms. The van der Waals surface area contributed by atoms with E-state index < -0.39 is 0 Å². The molecule has 0 aliphatic heterocycles. The Morgan fingerprint density at radius 3 is 2.90 bits per heavy atom. The van der Waals surface area contributed by atoms with E-state index in [0.29, 0.717) is 23.3 Å². The summed E-state index contributed by atoms with van der Waals surface area (Å²) in [6.45, 7) is 0. The number of nitrogens with two attached hydrogens (primary N) is 1. The molecule has 1 aliphatic carbocycles. The minimum absolute atomic E-state index is 0.433. The van der Waals surface area contributed by atoms with Crippen LogP contribution in [0.25, 0.3) is 11.0 Å². The van der Waals surface area contributed by atoms with Crippen molar-refractivity contribution in [1.29, 1.82) is 0 Å². The largest absolute Gasteiger partial charge is 0.383 e. The second-order valence-corrected chi connectivity index (χ2v) is 5.66. The average Bonchev–Trinajstić information content (AvgIpc) is 3.23. The summed E-state index contributed by atoms with van der Waals surface area (Å²) < 4.78 is 1.97. The second-order valence-electron chi connectivity index (χ2n) is 5.22. The van der Waals surface area contributed by atoms with E-state index in [-0.39, 0.29) is 0 Å². The minimum atomic E-state index is 0.433. The van der Waals surface area contributed by atoms with Crippen molar-refractivity contribution in [3.05, 3.63) is 41.1 Å². The number of rotatable bonds is 3. The summed E-state index contributed by atoms with van der Waals surface area (Å²) in [4.78, 5) is 12.8.